The van der Waals surface area contributed by atoms with E-state index in [0.717, 1.165) is 23.3 Å². The largest absolute Gasteiger partial charge is 0.493 e. The van der Waals surface area contributed by atoms with Crippen molar-refractivity contribution in [1.82, 2.24) is 20.8 Å². The lowest BCUT2D eigenvalue weighted by molar-refractivity contribution is 0.0526. The van der Waals surface area contributed by atoms with Gasteiger partial charge in [0.1, 0.15) is 18.0 Å². The average Bonchev–Trinajstić information content (AvgIpc) is 3.52. The Kier molecular flexibility index (Phi) is 12.9. The first-order chi connectivity index (χ1) is 22.6. The topological polar surface area (TPSA) is 142 Å². The van der Waals surface area contributed by atoms with E-state index in [1.165, 1.54) is 5.56 Å². The molecule has 47 heavy (non-hydrogen) atoms. The van der Waals surface area contributed by atoms with Gasteiger partial charge in [0, 0.05) is 13.0 Å². The minimum absolute atomic E-state index is 0.0522. The molecule has 0 bridgehead atoms. The predicted octanol–water partition coefficient (Wildman–Crippen LogP) is 6.45. The van der Waals surface area contributed by atoms with Crippen LogP contribution in [0.3, 0.4) is 0 Å². The molecule has 1 atom stereocenters. The van der Waals surface area contributed by atoms with Gasteiger partial charge < -0.3 is 29.4 Å². The summed E-state index contributed by atoms with van der Waals surface area (Å²) in [5, 5.41) is 9.24. The van der Waals surface area contributed by atoms with Gasteiger partial charge in [-0.15, -0.1) is 0 Å². The molecule has 248 valence electrons. The van der Waals surface area contributed by atoms with Crippen LogP contribution in [0.25, 0.3) is 0 Å². The first-order valence-electron chi connectivity index (χ1n) is 15.7. The summed E-state index contributed by atoms with van der Waals surface area (Å²) in [4.78, 5) is 42.3. The molecular formula is C36H42N4O7. The number of unbranched alkanes of at least 4 members (excludes halogenated alkanes) is 1. The zero-order valence-electron chi connectivity index (χ0n) is 27.1. The second kappa shape index (κ2) is 17.5. The van der Waals surface area contributed by atoms with Gasteiger partial charge in [-0.2, -0.15) is 4.98 Å². The van der Waals surface area contributed by atoms with E-state index in [0.29, 0.717) is 32.4 Å². The molecule has 4 rings (SSSR count). The number of nitrogens with one attached hydrogen (secondary N) is 2. The van der Waals surface area contributed by atoms with Gasteiger partial charge >= 0.3 is 12.2 Å². The van der Waals surface area contributed by atoms with Crippen molar-refractivity contribution in [3.8, 4) is 5.75 Å². The normalized spacial score (nSPS) is 11.7. The molecule has 1 heterocycles. The molecule has 0 saturated carbocycles. The van der Waals surface area contributed by atoms with Gasteiger partial charge in [-0.05, 0) is 68.9 Å². The van der Waals surface area contributed by atoms with E-state index in [1.807, 2.05) is 72.8 Å². The summed E-state index contributed by atoms with van der Waals surface area (Å²) in [6.07, 6.45) is 1.20. The fourth-order valence-corrected chi connectivity index (χ4v) is 4.55. The lowest BCUT2D eigenvalue weighted by Gasteiger charge is -2.20. The van der Waals surface area contributed by atoms with Gasteiger partial charge in [-0.25, -0.2) is 9.59 Å². The molecule has 2 N–H and O–H groups in total. The van der Waals surface area contributed by atoms with Crippen molar-refractivity contribution in [2.75, 3.05) is 13.2 Å². The summed E-state index contributed by atoms with van der Waals surface area (Å²) in [6.45, 7) is 6.32. The van der Waals surface area contributed by atoms with Crippen LogP contribution in [0.4, 0.5) is 9.59 Å². The van der Waals surface area contributed by atoms with E-state index < -0.39 is 29.6 Å². The van der Waals surface area contributed by atoms with E-state index in [2.05, 4.69) is 32.9 Å². The second-order valence-electron chi connectivity index (χ2n) is 12.0. The molecule has 0 aliphatic carbocycles. The fraction of sp³-hybridized carbons (Fsp3) is 0.361. The number of benzene rings is 3. The summed E-state index contributed by atoms with van der Waals surface area (Å²) in [6, 6.07) is 26.0. The van der Waals surface area contributed by atoms with Gasteiger partial charge in [-0.1, -0.05) is 78.0 Å². The zero-order chi connectivity index (χ0) is 33.5. The number of hydrogen-bond acceptors (Lipinski definition) is 9. The average molecular weight is 643 g/mol. The molecule has 2 amide bonds. The number of carbonyl (C=O) groups is 3. The third kappa shape index (κ3) is 12.6. The molecule has 0 radical (unpaired) electrons. The van der Waals surface area contributed by atoms with Crippen LogP contribution in [0, 0.1) is 0 Å². The molecule has 0 aliphatic rings. The van der Waals surface area contributed by atoms with Crippen LogP contribution in [0.2, 0.25) is 0 Å². The van der Waals surface area contributed by atoms with Crippen LogP contribution in [-0.2, 0) is 28.9 Å². The van der Waals surface area contributed by atoms with E-state index in [4.69, 9.17) is 18.7 Å². The maximum atomic E-state index is 13.4. The summed E-state index contributed by atoms with van der Waals surface area (Å²) in [5.74, 6) is 0.374. The number of Topliss-reactive ketones (excluding diaryl/α,β-unsaturated/α-hetero) is 1. The first-order valence-corrected chi connectivity index (χ1v) is 15.7. The van der Waals surface area contributed by atoms with Crippen LogP contribution >= 0.6 is 0 Å². The van der Waals surface area contributed by atoms with Crippen molar-refractivity contribution in [2.24, 2.45) is 0 Å². The SMILES string of the molecule is CC(C)(C)OC(=O)NCCCCC(NC(=O)OCc1ccccc1)C(=O)c1noc(Cc2ccc(OCCc3ccccc3)cc2)n1. The maximum absolute atomic E-state index is 13.4. The molecule has 11 nitrogen and oxygen atoms in total. The highest BCUT2D eigenvalue weighted by molar-refractivity contribution is 5.98. The van der Waals surface area contributed by atoms with E-state index in [9.17, 15) is 14.4 Å². The van der Waals surface area contributed by atoms with Gasteiger partial charge in [0.05, 0.1) is 19.1 Å². The number of aromatic nitrogens is 2. The highest BCUT2D eigenvalue weighted by atomic mass is 16.6. The summed E-state index contributed by atoms with van der Waals surface area (Å²) < 4.78 is 21.8. The Bertz CT molecular complexity index is 1550. The molecule has 3 aromatic carbocycles. The second-order valence-corrected chi connectivity index (χ2v) is 12.0. The number of carbonyl (C=O) groups excluding carboxylic acids is 3. The monoisotopic (exact) mass is 642 g/mol. The highest BCUT2D eigenvalue weighted by Gasteiger charge is 2.27. The number of amides is 2. The van der Waals surface area contributed by atoms with E-state index in [1.54, 1.807) is 20.8 Å². The third-order valence-corrected chi connectivity index (χ3v) is 6.88. The first kappa shape index (κ1) is 34.7. The molecular weight excluding hydrogens is 600 g/mol. The highest BCUT2D eigenvalue weighted by Crippen LogP contribution is 2.16. The van der Waals surface area contributed by atoms with Crippen LogP contribution < -0.4 is 15.4 Å². The van der Waals surface area contributed by atoms with Crippen molar-refractivity contribution in [2.45, 2.75) is 71.1 Å². The Morgan fingerprint density at radius 3 is 2.19 bits per heavy atom. The Labute approximate surface area is 275 Å². The summed E-state index contributed by atoms with van der Waals surface area (Å²) in [7, 11) is 0. The minimum atomic E-state index is -0.961. The zero-order valence-corrected chi connectivity index (χ0v) is 27.1. The lowest BCUT2D eigenvalue weighted by Crippen LogP contribution is -2.41. The molecule has 11 heteroatoms. The van der Waals surface area contributed by atoms with Crippen LogP contribution in [0.15, 0.2) is 89.5 Å². The number of hydrogen-bond donors (Lipinski definition) is 2. The number of ether oxygens (including phenoxy) is 3. The molecule has 1 unspecified atom stereocenters. The number of rotatable bonds is 16. The van der Waals surface area contributed by atoms with Crippen LogP contribution in [0.5, 0.6) is 5.75 Å². The van der Waals surface area contributed by atoms with Crippen molar-refractivity contribution in [3.63, 3.8) is 0 Å². The number of alkyl carbamates (subject to hydrolysis) is 2. The van der Waals surface area contributed by atoms with Gasteiger partial charge in [-0.3, -0.25) is 4.79 Å². The Balaban J connectivity index is 1.30. The third-order valence-electron chi connectivity index (χ3n) is 6.88. The summed E-state index contributed by atoms with van der Waals surface area (Å²) >= 11 is 0. The molecule has 0 saturated heterocycles. The lowest BCUT2D eigenvalue weighted by atomic mass is 10.0. The molecule has 1 aromatic heterocycles. The molecule has 4 aromatic rings. The molecule has 0 aliphatic heterocycles. The van der Waals surface area contributed by atoms with Gasteiger partial charge in [0.15, 0.2) is 0 Å². The standard InChI is InChI=1S/C36H42N4O7/c1-36(2,3)46-34(42)37-22-11-10-16-30(38-35(43)45-25-28-14-8-5-9-15-28)32(41)33-39-31(47-40-33)24-27-17-19-29(20-18-27)44-23-21-26-12-6-4-7-13-26/h4-9,12-15,17-20,30H,10-11,16,21-25H2,1-3H3,(H,37,42)(H,38,43). The van der Waals surface area contributed by atoms with Crippen molar-refractivity contribution < 1.29 is 33.1 Å². The van der Waals surface area contributed by atoms with E-state index in [-0.39, 0.29) is 24.7 Å². The smallest absolute Gasteiger partial charge is 0.408 e. The summed E-state index contributed by atoms with van der Waals surface area (Å²) in [5.41, 5.74) is 2.32. The van der Waals surface area contributed by atoms with Gasteiger partial charge in [0.2, 0.25) is 17.5 Å². The number of nitrogens with zero attached hydrogens (tertiary/aromatic N) is 2. The van der Waals surface area contributed by atoms with Crippen molar-refractivity contribution in [1.29, 1.82) is 0 Å². The Morgan fingerprint density at radius 2 is 1.51 bits per heavy atom. The van der Waals surface area contributed by atoms with Crippen LogP contribution in [0.1, 0.15) is 73.2 Å². The van der Waals surface area contributed by atoms with Gasteiger partial charge in [0.25, 0.3) is 0 Å². The Morgan fingerprint density at radius 1 is 0.830 bits per heavy atom. The number of ketones is 1. The van der Waals surface area contributed by atoms with Crippen molar-refractivity contribution in [3.05, 3.63) is 113 Å². The fourth-order valence-electron chi connectivity index (χ4n) is 4.55. The quantitative estimate of drug-likeness (QED) is 0.104. The minimum Gasteiger partial charge on any atom is -0.493 e. The maximum Gasteiger partial charge on any atom is 0.408 e. The molecule has 0 fully saturated rings. The predicted molar refractivity (Wildman–Crippen MR) is 175 cm³/mol. The van der Waals surface area contributed by atoms with Crippen molar-refractivity contribution >= 4 is 18.0 Å². The van der Waals surface area contributed by atoms with E-state index >= 15 is 0 Å². The Hall–Kier alpha value is -5.19. The molecule has 0 spiro atoms. The van der Waals surface area contributed by atoms with Crippen LogP contribution in [-0.4, -0.2) is 52.9 Å².